The van der Waals surface area contributed by atoms with E-state index in [1.807, 2.05) is 45.9 Å². The summed E-state index contributed by atoms with van der Waals surface area (Å²) in [6.45, 7) is 7.85. The Morgan fingerprint density at radius 2 is 1.89 bits per heavy atom. The standard InChI is InChI=1S/C15H21NO3/c1-10(2)16(8-7-14(17)18)15(19)13-9-11(3)5-6-12(13)4/h5-6,9-10H,7-8H2,1-4H3,(H,17,18). The largest absolute Gasteiger partial charge is 0.481 e. The van der Waals surface area contributed by atoms with E-state index in [1.54, 1.807) is 4.90 Å². The van der Waals surface area contributed by atoms with Crippen molar-refractivity contribution < 1.29 is 14.7 Å². The lowest BCUT2D eigenvalue weighted by molar-refractivity contribution is -0.137. The van der Waals surface area contributed by atoms with Crippen LogP contribution in [0.25, 0.3) is 0 Å². The van der Waals surface area contributed by atoms with E-state index in [2.05, 4.69) is 0 Å². The molecule has 0 aliphatic carbocycles. The van der Waals surface area contributed by atoms with E-state index in [9.17, 15) is 9.59 Å². The Balaban J connectivity index is 2.99. The Morgan fingerprint density at radius 1 is 1.26 bits per heavy atom. The van der Waals surface area contributed by atoms with Crippen LogP contribution < -0.4 is 0 Å². The first kappa shape index (κ1) is 15.2. The zero-order valence-corrected chi connectivity index (χ0v) is 11.9. The first-order chi connectivity index (χ1) is 8.82. The second-order valence-electron chi connectivity index (χ2n) is 5.05. The van der Waals surface area contributed by atoms with Crippen LogP contribution >= 0.6 is 0 Å². The number of carbonyl (C=O) groups excluding carboxylic acids is 1. The van der Waals surface area contributed by atoms with Gasteiger partial charge in [0.1, 0.15) is 0 Å². The Bertz CT molecular complexity index is 480. The second kappa shape index (κ2) is 6.36. The molecule has 0 aromatic heterocycles. The van der Waals surface area contributed by atoms with E-state index in [0.29, 0.717) is 5.56 Å². The van der Waals surface area contributed by atoms with Crippen LogP contribution in [0.3, 0.4) is 0 Å². The molecule has 1 amide bonds. The molecule has 1 aromatic rings. The van der Waals surface area contributed by atoms with Gasteiger partial charge in [0.2, 0.25) is 0 Å². The van der Waals surface area contributed by atoms with Crippen LogP contribution in [0.5, 0.6) is 0 Å². The number of carboxylic acids is 1. The molecule has 0 aliphatic rings. The number of hydrogen-bond donors (Lipinski definition) is 1. The fourth-order valence-corrected chi connectivity index (χ4v) is 1.93. The van der Waals surface area contributed by atoms with Gasteiger partial charge in [0.05, 0.1) is 6.42 Å². The zero-order valence-electron chi connectivity index (χ0n) is 11.9. The van der Waals surface area contributed by atoms with Gasteiger partial charge in [0, 0.05) is 18.2 Å². The summed E-state index contributed by atoms with van der Waals surface area (Å²) in [5.74, 6) is -0.989. The van der Waals surface area contributed by atoms with Crippen molar-refractivity contribution in [3.05, 3.63) is 34.9 Å². The fourth-order valence-electron chi connectivity index (χ4n) is 1.93. The van der Waals surface area contributed by atoms with Crippen molar-refractivity contribution in [3.63, 3.8) is 0 Å². The van der Waals surface area contributed by atoms with Crippen LogP contribution in [-0.4, -0.2) is 34.5 Å². The summed E-state index contributed by atoms with van der Waals surface area (Å²) >= 11 is 0. The van der Waals surface area contributed by atoms with Gasteiger partial charge in [0.15, 0.2) is 0 Å². The summed E-state index contributed by atoms with van der Waals surface area (Å²) in [5.41, 5.74) is 2.59. The zero-order chi connectivity index (χ0) is 14.6. The van der Waals surface area contributed by atoms with Crippen LogP contribution in [0, 0.1) is 13.8 Å². The molecule has 0 heterocycles. The van der Waals surface area contributed by atoms with Crippen LogP contribution in [-0.2, 0) is 4.79 Å². The molecule has 0 fully saturated rings. The number of amides is 1. The maximum atomic E-state index is 12.5. The van der Waals surface area contributed by atoms with Gasteiger partial charge in [-0.3, -0.25) is 9.59 Å². The van der Waals surface area contributed by atoms with E-state index in [1.165, 1.54) is 0 Å². The Morgan fingerprint density at radius 3 is 2.42 bits per heavy atom. The van der Waals surface area contributed by atoms with Gasteiger partial charge in [-0.2, -0.15) is 0 Å². The molecular weight excluding hydrogens is 242 g/mol. The van der Waals surface area contributed by atoms with E-state index in [4.69, 9.17) is 5.11 Å². The number of benzene rings is 1. The van der Waals surface area contributed by atoms with Crippen LogP contribution in [0.15, 0.2) is 18.2 Å². The highest BCUT2D eigenvalue weighted by Gasteiger charge is 2.20. The average molecular weight is 263 g/mol. The smallest absolute Gasteiger partial charge is 0.305 e. The predicted molar refractivity (Wildman–Crippen MR) is 74.3 cm³/mol. The van der Waals surface area contributed by atoms with Gasteiger partial charge in [-0.1, -0.05) is 17.7 Å². The van der Waals surface area contributed by atoms with Crippen molar-refractivity contribution in [2.24, 2.45) is 0 Å². The number of hydrogen-bond acceptors (Lipinski definition) is 2. The summed E-state index contributed by atoms with van der Waals surface area (Å²) in [7, 11) is 0. The van der Waals surface area contributed by atoms with E-state index >= 15 is 0 Å². The van der Waals surface area contributed by atoms with E-state index in [0.717, 1.165) is 11.1 Å². The lowest BCUT2D eigenvalue weighted by Gasteiger charge is -2.27. The molecule has 0 saturated carbocycles. The molecule has 1 rings (SSSR count). The molecule has 0 radical (unpaired) electrons. The SMILES string of the molecule is Cc1ccc(C)c(C(=O)N(CCC(=O)O)C(C)C)c1. The lowest BCUT2D eigenvalue weighted by atomic mass is 10.0. The molecule has 0 unspecified atom stereocenters. The highest BCUT2D eigenvalue weighted by molar-refractivity contribution is 5.96. The van der Waals surface area contributed by atoms with Crippen molar-refractivity contribution in [3.8, 4) is 0 Å². The van der Waals surface area contributed by atoms with Crippen LogP contribution in [0.1, 0.15) is 41.8 Å². The fraction of sp³-hybridized carbons (Fsp3) is 0.467. The van der Waals surface area contributed by atoms with Crippen molar-refractivity contribution in [2.45, 2.75) is 40.2 Å². The third-order valence-electron chi connectivity index (χ3n) is 3.07. The minimum atomic E-state index is -0.889. The Hall–Kier alpha value is -1.84. The van der Waals surface area contributed by atoms with Crippen molar-refractivity contribution >= 4 is 11.9 Å². The third kappa shape index (κ3) is 4.09. The van der Waals surface area contributed by atoms with Crippen molar-refractivity contribution in [1.82, 2.24) is 4.90 Å². The van der Waals surface area contributed by atoms with Gasteiger partial charge >= 0.3 is 5.97 Å². The molecule has 0 spiro atoms. The molecular formula is C15H21NO3. The quantitative estimate of drug-likeness (QED) is 0.888. The van der Waals surface area contributed by atoms with E-state index < -0.39 is 5.97 Å². The van der Waals surface area contributed by atoms with Gasteiger partial charge in [-0.25, -0.2) is 0 Å². The topological polar surface area (TPSA) is 57.6 Å². The molecule has 0 atom stereocenters. The molecule has 4 heteroatoms. The number of nitrogens with zero attached hydrogens (tertiary/aromatic N) is 1. The van der Waals surface area contributed by atoms with Gasteiger partial charge in [0.25, 0.3) is 5.91 Å². The Kier molecular flexibility index (Phi) is 5.10. The molecule has 104 valence electrons. The molecule has 1 aromatic carbocycles. The minimum absolute atomic E-state index is 0.0215. The first-order valence-electron chi connectivity index (χ1n) is 6.43. The van der Waals surface area contributed by atoms with Crippen molar-refractivity contribution in [1.29, 1.82) is 0 Å². The molecule has 0 saturated heterocycles. The summed E-state index contributed by atoms with van der Waals surface area (Å²) in [6.07, 6.45) is -0.0330. The minimum Gasteiger partial charge on any atom is -0.481 e. The third-order valence-corrected chi connectivity index (χ3v) is 3.07. The highest BCUT2D eigenvalue weighted by atomic mass is 16.4. The number of aryl methyl sites for hydroxylation is 2. The summed E-state index contributed by atoms with van der Waals surface area (Å²) in [6, 6.07) is 5.71. The van der Waals surface area contributed by atoms with Crippen LogP contribution in [0.4, 0.5) is 0 Å². The van der Waals surface area contributed by atoms with Crippen LogP contribution in [0.2, 0.25) is 0 Å². The number of aliphatic carboxylic acids is 1. The van der Waals surface area contributed by atoms with Crippen molar-refractivity contribution in [2.75, 3.05) is 6.54 Å². The predicted octanol–water partition coefficient (Wildman–Crippen LogP) is 2.63. The van der Waals surface area contributed by atoms with Gasteiger partial charge in [-0.05, 0) is 39.3 Å². The molecule has 0 aliphatic heterocycles. The van der Waals surface area contributed by atoms with Gasteiger partial charge < -0.3 is 10.0 Å². The lowest BCUT2D eigenvalue weighted by Crippen LogP contribution is -2.38. The average Bonchev–Trinajstić information content (AvgIpc) is 2.31. The maximum absolute atomic E-state index is 12.5. The first-order valence-corrected chi connectivity index (χ1v) is 6.43. The second-order valence-corrected chi connectivity index (χ2v) is 5.05. The molecule has 0 bridgehead atoms. The maximum Gasteiger partial charge on any atom is 0.305 e. The number of rotatable bonds is 5. The number of carbonyl (C=O) groups is 2. The van der Waals surface area contributed by atoms with Gasteiger partial charge in [-0.15, -0.1) is 0 Å². The summed E-state index contributed by atoms with van der Waals surface area (Å²) in [4.78, 5) is 24.8. The highest BCUT2D eigenvalue weighted by Crippen LogP contribution is 2.15. The molecule has 1 N–H and O–H groups in total. The Labute approximate surface area is 114 Å². The monoisotopic (exact) mass is 263 g/mol. The molecule has 4 nitrogen and oxygen atoms in total. The summed E-state index contributed by atoms with van der Waals surface area (Å²) in [5, 5.41) is 8.76. The normalized spacial score (nSPS) is 10.6. The molecule has 19 heavy (non-hydrogen) atoms. The van der Waals surface area contributed by atoms with E-state index in [-0.39, 0.29) is 24.9 Å². The summed E-state index contributed by atoms with van der Waals surface area (Å²) < 4.78 is 0. The number of carboxylic acid groups (broad SMARTS) is 1.